The van der Waals surface area contributed by atoms with Gasteiger partial charge in [-0.05, 0) is 52.7 Å². The number of allylic oxidation sites excluding steroid dienone is 4. The maximum Gasteiger partial charge on any atom is 0.282 e. The zero-order chi connectivity index (χ0) is 14.0. The van der Waals surface area contributed by atoms with E-state index in [-0.39, 0.29) is 16.4 Å². The monoisotopic (exact) mass is 339 g/mol. The molecule has 1 aromatic carbocycles. The van der Waals surface area contributed by atoms with Crippen molar-refractivity contribution in [2.45, 2.75) is 11.8 Å². The van der Waals surface area contributed by atoms with E-state index in [1.54, 1.807) is 25.1 Å². The lowest BCUT2D eigenvalue weighted by molar-refractivity contribution is -0.111. The molecule has 0 saturated heterocycles. The van der Waals surface area contributed by atoms with Gasteiger partial charge in [-0.3, -0.25) is 4.79 Å². The topological polar surface area (TPSA) is 63.6 Å². The lowest BCUT2D eigenvalue weighted by Gasteiger charge is -2.07. The minimum Gasteiger partial charge on any atom is -0.288 e. The second-order valence-electron chi connectivity index (χ2n) is 3.95. The van der Waals surface area contributed by atoms with Crippen LogP contribution in [0.5, 0.6) is 0 Å². The van der Waals surface area contributed by atoms with Gasteiger partial charge < -0.3 is 0 Å². The highest BCUT2D eigenvalue weighted by molar-refractivity contribution is 9.12. The van der Waals surface area contributed by atoms with E-state index in [0.717, 1.165) is 0 Å². The largest absolute Gasteiger partial charge is 0.288 e. The van der Waals surface area contributed by atoms with Gasteiger partial charge in [0.05, 0.1) is 15.1 Å². The molecule has 0 spiro atoms. The summed E-state index contributed by atoms with van der Waals surface area (Å²) in [5.74, 6) is -0.170. The van der Waals surface area contributed by atoms with Crippen LogP contribution in [0.1, 0.15) is 6.92 Å². The van der Waals surface area contributed by atoms with E-state index in [0.29, 0.717) is 10.1 Å². The number of benzene rings is 1. The van der Waals surface area contributed by atoms with Gasteiger partial charge in [-0.25, -0.2) is 0 Å². The quantitative estimate of drug-likeness (QED) is 0.778. The molecule has 19 heavy (non-hydrogen) atoms. The van der Waals surface area contributed by atoms with Gasteiger partial charge in [-0.2, -0.15) is 12.8 Å². The van der Waals surface area contributed by atoms with Gasteiger partial charge in [-0.15, -0.1) is 0 Å². The summed E-state index contributed by atoms with van der Waals surface area (Å²) < 4.78 is 28.1. The number of ketones is 1. The number of halogens is 1. The van der Waals surface area contributed by atoms with Gasteiger partial charge in [-0.1, -0.05) is 18.2 Å². The van der Waals surface area contributed by atoms with Crippen molar-refractivity contribution in [2.24, 2.45) is 4.40 Å². The van der Waals surface area contributed by atoms with Crippen LogP contribution < -0.4 is 0 Å². The maximum absolute atomic E-state index is 12.0. The molecule has 98 valence electrons. The Kier molecular flexibility index (Phi) is 3.82. The highest BCUT2D eigenvalue weighted by Crippen LogP contribution is 2.20. The Morgan fingerprint density at radius 3 is 2.32 bits per heavy atom. The number of carbonyl (C=O) groups excluding carboxylic acids is 1. The Hall–Kier alpha value is -1.53. The molecule has 0 saturated carbocycles. The lowest BCUT2D eigenvalue weighted by atomic mass is 10.1. The number of Topliss-reactive ketones (excluding diaryl/α,β-unsaturated/α-hetero) is 1. The van der Waals surface area contributed by atoms with Crippen molar-refractivity contribution in [3.63, 3.8) is 0 Å². The smallest absolute Gasteiger partial charge is 0.282 e. The second kappa shape index (κ2) is 5.22. The third-order valence-electron chi connectivity index (χ3n) is 2.48. The fraction of sp³-hybridized carbons (Fsp3) is 0.0769. The van der Waals surface area contributed by atoms with Crippen LogP contribution in [0.4, 0.5) is 0 Å². The minimum absolute atomic E-state index is 0.120. The van der Waals surface area contributed by atoms with E-state index < -0.39 is 10.0 Å². The van der Waals surface area contributed by atoms with E-state index in [2.05, 4.69) is 20.3 Å². The van der Waals surface area contributed by atoms with Crippen LogP contribution in [0.3, 0.4) is 0 Å². The van der Waals surface area contributed by atoms with Gasteiger partial charge in [0.2, 0.25) is 0 Å². The van der Waals surface area contributed by atoms with Gasteiger partial charge in [0.15, 0.2) is 5.78 Å². The van der Waals surface area contributed by atoms with Crippen LogP contribution in [0.25, 0.3) is 0 Å². The summed E-state index contributed by atoms with van der Waals surface area (Å²) in [7, 11) is -3.76. The van der Waals surface area contributed by atoms with Crippen LogP contribution in [0.15, 0.2) is 61.8 Å². The highest BCUT2D eigenvalue weighted by Gasteiger charge is 2.18. The van der Waals surface area contributed by atoms with E-state index in [1.807, 2.05) is 0 Å². The zero-order valence-corrected chi connectivity index (χ0v) is 12.4. The molecule has 1 aromatic rings. The molecule has 1 aliphatic rings. The Bertz CT molecular complexity index is 692. The van der Waals surface area contributed by atoms with Crippen LogP contribution in [0, 0.1) is 0 Å². The SMILES string of the molecule is CC1=CC(=NS(=O)(=O)c2ccccc2)C=C(Br)C1=O. The van der Waals surface area contributed by atoms with Crippen molar-refractivity contribution in [3.8, 4) is 0 Å². The maximum atomic E-state index is 12.0. The summed E-state index contributed by atoms with van der Waals surface area (Å²) in [5, 5.41) is 0. The predicted molar refractivity (Wildman–Crippen MR) is 76.8 cm³/mol. The van der Waals surface area contributed by atoms with E-state index >= 15 is 0 Å². The summed E-state index contributed by atoms with van der Waals surface area (Å²) in [4.78, 5) is 11.6. The highest BCUT2D eigenvalue weighted by atomic mass is 79.9. The molecule has 0 atom stereocenters. The van der Waals surface area contributed by atoms with Gasteiger partial charge in [0.25, 0.3) is 10.0 Å². The number of nitrogens with zero attached hydrogens (tertiary/aromatic N) is 1. The molecule has 1 aliphatic carbocycles. The standard InChI is InChI=1S/C13H10BrNO3S/c1-9-7-10(8-12(14)13(9)16)15-19(17,18)11-5-3-2-4-6-11/h2-8H,1H3. The summed E-state index contributed by atoms with van der Waals surface area (Å²) >= 11 is 3.09. The molecular weight excluding hydrogens is 330 g/mol. The van der Waals surface area contributed by atoms with Crippen LogP contribution in [0.2, 0.25) is 0 Å². The molecule has 0 amide bonds. The Morgan fingerprint density at radius 1 is 1.11 bits per heavy atom. The summed E-state index contributed by atoms with van der Waals surface area (Å²) in [6.07, 6.45) is 2.85. The van der Waals surface area contributed by atoms with Crippen molar-refractivity contribution in [3.05, 3.63) is 52.5 Å². The Morgan fingerprint density at radius 2 is 1.74 bits per heavy atom. The fourth-order valence-corrected chi connectivity index (χ4v) is 3.09. The number of hydrogen-bond acceptors (Lipinski definition) is 3. The number of sulfonamides is 1. The van der Waals surface area contributed by atoms with Crippen LogP contribution >= 0.6 is 15.9 Å². The van der Waals surface area contributed by atoms with Crippen LogP contribution in [-0.4, -0.2) is 19.9 Å². The summed E-state index contributed by atoms with van der Waals surface area (Å²) in [6.45, 7) is 1.61. The molecule has 0 aliphatic heterocycles. The predicted octanol–water partition coefficient (Wildman–Crippen LogP) is 2.62. The van der Waals surface area contributed by atoms with Crippen molar-refractivity contribution < 1.29 is 13.2 Å². The van der Waals surface area contributed by atoms with E-state index in [4.69, 9.17) is 0 Å². The first-order chi connectivity index (χ1) is 8.90. The normalized spacial score (nSPS) is 18.2. The molecule has 2 rings (SSSR count). The molecular formula is C13H10BrNO3S. The van der Waals surface area contributed by atoms with Gasteiger partial charge >= 0.3 is 0 Å². The zero-order valence-electron chi connectivity index (χ0n) is 10.00. The van der Waals surface area contributed by atoms with Crippen molar-refractivity contribution >= 4 is 37.4 Å². The van der Waals surface area contributed by atoms with E-state index in [9.17, 15) is 13.2 Å². The first-order valence-corrected chi connectivity index (χ1v) is 7.64. The van der Waals surface area contributed by atoms with Gasteiger partial charge in [0, 0.05) is 0 Å². The fourth-order valence-electron chi connectivity index (χ4n) is 1.55. The molecule has 6 heteroatoms. The molecule has 0 bridgehead atoms. The average molecular weight is 340 g/mol. The molecule has 0 fully saturated rings. The summed E-state index contributed by atoms with van der Waals surface area (Å²) in [6, 6.07) is 7.94. The molecule has 0 aromatic heterocycles. The molecule has 0 N–H and O–H groups in total. The lowest BCUT2D eigenvalue weighted by Crippen LogP contribution is -2.10. The molecule has 0 unspecified atom stereocenters. The van der Waals surface area contributed by atoms with Crippen molar-refractivity contribution in [2.75, 3.05) is 0 Å². The van der Waals surface area contributed by atoms with Gasteiger partial charge in [0.1, 0.15) is 0 Å². The minimum atomic E-state index is -3.76. The third kappa shape index (κ3) is 3.08. The average Bonchev–Trinajstić information content (AvgIpc) is 2.36. The number of rotatable bonds is 2. The van der Waals surface area contributed by atoms with E-state index in [1.165, 1.54) is 24.3 Å². The number of hydrogen-bond donors (Lipinski definition) is 0. The Balaban J connectivity index is 2.46. The molecule has 0 heterocycles. The molecule has 4 nitrogen and oxygen atoms in total. The number of carbonyl (C=O) groups is 1. The van der Waals surface area contributed by atoms with Crippen LogP contribution in [-0.2, 0) is 14.8 Å². The Labute approximate surface area is 119 Å². The third-order valence-corrected chi connectivity index (χ3v) is 4.39. The van der Waals surface area contributed by atoms with Crippen molar-refractivity contribution in [1.82, 2.24) is 0 Å². The first-order valence-electron chi connectivity index (χ1n) is 5.40. The summed E-state index contributed by atoms with van der Waals surface area (Å²) in [5.41, 5.74) is 0.671. The second-order valence-corrected chi connectivity index (χ2v) is 6.41. The van der Waals surface area contributed by atoms with Crippen molar-refractivity contribution in [1.29, 1.82) is 0 Å². The molecule has 0 radical (unpaired) electrons. The first kappa shape index (κ1) is 13.9.